The number of nitrogens with zero attached hydrogens (tertiary/aromatic N) is 2. The van der Waals surface area contributed by atoms with Gasteiger partial charge in [0.1, 0.15) is 0 Å². The summed E-state index contributed by atoms with van der Waals surface area (Å²) in [5.41, 5.74) is 3.60. The number of pyridine rings is 1. The molecule has 0 radical (unpaired) electrons. The highest BCUT2D eigenvalue weighted by atomic mass is 127. The van der Waals surface area contributed by atoms with Gasteiger partial charge in [-0.05, 0) is 82.9 Å². The van der Waals surface area contributed by atoms with Crippen LogP contribution >= 0.6 is 49.2 Å². The lowest BCUT2D eigenvalue weighted by Gasteiger charge is -2.14. The molecule has 5 heteroatoms. The predicted molar refractivity (Wildman–Crippen MR) is 109 cm³/mol. The lowest BCUT2D eigenvalue weighted by Crippen LogP contribution is -1.97. The molecule has 0 N–H and O–H groups in total. The maximum Gasteiger partial charge on any atom is 0.151 e. The lowest BCUT2D eigenvalue weighted by molar-refractivity contribution is 1.15. The van der Waals surface area contributed by atoms with Gasteiger partial charge in [0.25, 0.3) is 0 Å². The van der Waals surface area contributed by atoms with Crippen LogP contribution in [0.2, 0.25) is 0 Å². The Morgan fingerprint density at radius 3 is 2.55 bits per heavy atom. The van der Waals surface area contributed by atoms with Crippen molar-refractivity contribution < 1.29 is 0 Å². The van der Waals surface area contributed by atoms with Crippen LogP contribution in [0.15, 0.2) is 45.9 Å². The van der Waals surface area contributed by atoms with Gasteiger partial charge in [0, 0.05) is 30.2 Å². The largest absolute Gasteiger partial charge is 0.273 e. The summed E-state index contributed by atoms with van der Waals surface area (Å²) in [7, 11) is -0.129. The summed E-state index contributed by atoms with van der Waals surface area (Å²) in [6, 6.07) is 10.9. The van der Waals surface area contributed by atoms with E-state index in [-0.39, 0.29) is 10.7 Å². The standard InChI is InChI=1S/C17H16BrIN2S/c1-4-22(14-7-5-11(2)6-8-14)21-12(3)16(19)15-9-13(18)10-20-17(15)21/h4-10H,1-3H3. The Kier molecular flexibility index (Phi) is 4.75. The number of rotatable bonds is 2. The van der Waals surface area contributed by atoms with Crippen LogP contribution in [0.4, 0.5) is 0 Å². The van der Waals surface area contributed by atoms with Gasteiger partial charge in [0.15, 0.2) is 5.65 Å². The first kappa shape index (κ1) is 16.2. The van der Waals surface area contributed by atoms with E-state index in [4.69, 9.17) is 0 Å². The molecule has 1 aromatic carbocycles. The Balaban J connectivity index is 2.28. The van der Waals surface area contributed by atoms with Gasteiger partial charge in [-0.25, -0.2) is 4.98 Å². The molecule has 0 saturated heterocycles. The minimum atomic E-state index is -0.129. The van der Waals surface area contributed by atoms with Gasteiger partial charge in [0.05, 0.1) is 0 Å². The second kappa shape index (κ2) is 6.45. The van der Waals surface area contributed by atoms with Crippen LogP contribution in [0.1, 0.15) is 18.2 Å². The summed E-state index contributed by atoms with van der Waals surface area (Å²) in [5, 5.41) is 3.47. The van der Waals surface area contributed by atoms with Crippen LogP contribution in [0.25, 0.3) is 11.0 Å². The average molecular weight is 487 g/mol. The number of halogens is 2. The van der Waals surface area contributed by atoms with Crippen LogP contribution in [0.3, 0.4) is 0 Å². The first-order valence-electron chi connectivity index (χ1n) is 6.94. The van der Waals surface area contributed by atoms with Crippen molar-refractivity contribution >= 4 is 65.6 Å². The van der Waals surface area contributed by atoms with Crippen LogP contribution in [0, 0.1) is 17.4 Å². The molecule has 2 nitrogen and oxygen atoms in total. The van der Waals surface area contributed by atoms with E-state index in [9.17, 15) is 0 Å². The third-order valence-electron chi connectivity index (χ3n) is 3.57. The van der Waals surface area contributed by atoms with E-state index >= 15 is 0 Å². The smallest absolute Gasteiger partial charge is 0.151 e. The molecule has 22 heavy (non-hydrogen) atoms. The van der Waals surface area contributed by atoms with E-state index in [1.807, 2.05) is 6.20 Å². The average Bonchev–Trinajstić information content (AvgIpc) is 2.75. The molecule has 114 valence electrons. The fraction of sp³-hybridized carbons (Fsp3) is 0.176. The van der Waals surface area contributed by atoms with Crippen molar-refractivity contribution in [3.05, 3.63) is 55.8 Å². The maximum absolute atomic E-state index is 4.67. The Labute approximate surface area is 155 Å². The van der Waals surface area contributed by atoms with E-state index in [1.54, 1.807) is 0 Å². The number of aryl methyl sites for hydroxylation is 1. The van der Waals surface area contributed by atoms with Crippen molar-refractivity contribution in [2.24, 2.45) is 0 Å². The molecule has 1 atom stereocenters. The second-order valence-corrected chi connectivity index (χ2v) is 9.01. The van der Waals surface area contributed by atoms with Gasteiger partial charge in [-0.2, -0.15) is 0 Å². The number of hydrogen-bond donors (Lipinski definition) is 0. The molecular formula is C17H16BrIN2S. The highest BCUT2D eigenvalue weighted by Crippen LogP contribution is 2.37. The van der Waals surface area contributed by atoms with Gasteiger partial charge >= 0.3 is 0 Å². The molecule has 2 heterocycles. The maximum atomic E-state index is 4.67. The molecule has 3 aromatic rings. The summed E-state index contributed by atoms with van der Waals surface area (Å²) in [4.78, 5) is 5.99. The van der Waals surface area contributed by atoms with E-state index in [0.29, 0.717) is 0 Å². The highest BCUT2D eigenvalue weighted by Gasteiger charge is 2.16. The number of benzene rings is 1. The molecule has 0 spiro atoms. The molecule has 2 aromatic heterocycles. The highest BCUT2D eigenvalue weighted by molar-refractivity contribution is 14.1. The summed E-state index contributed by atoms with van der Waals surface area (Å²) in [6.45, 7) is 6.42. The first-order valence-corrected chi connectivity index (χ1v) is 10.1. The zero-order valence-electron chi connectivity index (χ0n) is 12.6. The minimum Gasteiger partial charge on any atom is -0.273 e. The van der Waals surface area contributed by atoms with Crippen molar-refractivity contribution in [1.82, 2.24) is 8.96 Å². The van der Waals surface area contributed by atoms with Gasteiger partial charge < -0.3 is 0 Å². The third kappa shape index (κ3) is 2.78. The minimum absolute atomic E-state index is 0.129. The predicted octanol–water partition coefficient (Wildman–Crippen LogP) is 5.93. The molecular weight excluding hydrogens is 471 g/mol. The van der Waals surface area contributed by atoms with Crippen LogP contribution in [-0.2, 0) is 0 Å². The molecule has 1 unspecified atom stereocenters. The van der Waals surface area contributed by atoms with Gasteiger partial charge in [-0.15, -0.1) is 0 Å². The van der Waals surface area contributed by atoms with E-state index in [1.165, 1.54) is 25.1 Å². The van der Waals surface area contributed by atoms with Crippen molar-refractivity contribution in [2.75, 3.05) is 0 Å². The van der Waals surface area contributed by atoms with Crippen molar-refractivity contribution in [3.63, 3.8) is 0 Å². The monoisotopic (exact) mass is 486 g/mol. The van der Waals surface area contributed by atoms with E-state index in [0.717, 1.165) is 10.1 Å². The third-order valence-corrected chi connectivity index (χ3v) is 7.40. The Morgan fingerprint density at radius 1 is 1.23 bits per heavy atom. The second-order valence-electron chi connectivity index (χ2n) is 5.08. The molecule has 0 bridgehead atoms. The summed E-state index contributed by atoms with van der Waals surface area (Å²) in [6.07, 6.45) is 1.88. The van der Waals surface area contributed by atoms with E-state index < -0.39 is 0 Å². The lowest BCUT2D eigenvalue weighted by atomic mass is 10.2. The van der Waals surface area contributed by atoms with Gasteiger partial charge in [-0.3, -0.25) is 3.97 Å². The number of aromatic nitrogens is 2. The molecule has 0 aliphatic rings. The zero-order valence-corrected chi connectivity index (χ0v) is 17.2. The molecule has 0 amide bonds. The SMILES string of the molecule is C/C=S(\c1ccc(C)cc1)n1c(C)c(I)c2cc(Br)cnc21. The van der Waals surface area contributed by atoms with E-state index in [2.05, 4.69) is 104 Å². The van der Waals surface area contributed by atoms with Gasteiger partial charge in [-0.1, -0.05) is 28.4 Å². The normalized spacial score (nSPS) is 13.0. The fourth-order valence-electron chi connectivity index (χ4n) is 2.46. The van der Waals surface area contributed by atoms with Crippen molar-refractivity contribution in [3.8, 4) is 0 Å². The zero-order chi connectivity index (χ0) is 15.9. The molecule has 3 rings (SSSR count). The molecule has 0 aliphatic heterocycles. The number of fused-ring (bicyclic) bond motifs is 1. The Morgan fingerprint density at radius 2 is 1.91 bits per heavy atom. The Hall–Kier alpha value is -0.660. The number of hydrogen-bond acceptors (Lipinski definition) is 1. The van der Waals surface area contributed by atoms with Crippen molar-refractivity contribution in [2.45, 2.75) is 25.7 Å². The molecule has 0 fully saturated rings. The van der Waals surface area contributed by atoms with Gasteiger partial charge in [0.2, 0.25) is 0 Å². The Bertz CT molecular complexity index is 882. The summed E-state index contributed by atoms with van der Waals surface area (Å²) in [5.74, 6) is 0. The van der Waals surface area contributed by atoms with Crippen molar-refractivity contribution in [1.29, 1.82) is 0 Å². The summed E-state index contributed by atoms with van der Waals surface area (Å²) >= 11 is 5.95. The topological polar surface area (TPSA) is 17.8 Å². The van der Waals surface area contributed by atoms with Crippen LogP contribution in [-0.4, -0.2) is 14.3 Å². The summed E-state index contributed by atoms with van der Waals surface area (Å²) < 4.78 is 4.65. The van der Waals surface area contributed by atoms with Crippen LogP contribution < -0.4 is 0 Å². The molecule has 0 aliphatic carbocycles. The first-order chi connectivity index (χ1) is 10.5. The molecule has 0 saturated carbocycles. The van der Waals surface area contributed by atoms with Crippen LogP contribution in [0.5, 0.6) is 0 Å². The quantitative estimate of drug-likeness (QED) is 0.324. The fourth-order valence-corrected chi connectivity index (χ4v) is 5.42.